The van der Waals surface area contributed by atoms with Gasteiger partial charge in [-0.15, -0.1) is 0 Å². The number of carbonyl (C=O) groups is 1. The highest BCUT2D eigenvalue weighted by atomic mass is 32.2. The zero-order valence-corrected chi connectivity index (χ0v) is 10.3. The van der Waals surface area contributed by atoms with Gasteiger partial charge in [-0.25, -0.2) is 17.2 Å². The second kappa shape index (κ2) is 5.35. The topological polar surface area (TPSA) is 71.4 Å². The summed E-state index contributed by atoms with van der Waals surface area (Å²) in [6.07, 6.45) is -5.31. The van der Waals surface area contributed by atoms with Gasteiger partial charge >= 0.3 is 12.1 Å². The lowest BCUT2D eigenvalue weighted by Gasteiger charge is -2.16. The predicted molar refractivity (Wildman–Crippen MR) is 55.6 cm³/mol. The second-order valence-corrected chi connectivity index (χ2v) is 5.79. The first kappa shape index (κ1) is 16.3. The van der Waals surface area contributed by atoms with Gasteiger partial charge in [0.25, 0.3) is 0 Å². The van der Waals surface area contributed by atoms with E-state index in [0.717, 1.165) is 0 Å². The molecule has 1 unspecified atom stereocenters. The van der Waals surface area contributed by atoms with Crippen LogP contribution in [0.1, 0.15) is 0 Å². The summed E-state index contributed by atoms with van der Waals surface area (Å²) in [4.78, 5) is 9.27. The number of carboxylic acid groups (broad SMARTS) is 1. The fourth-order valence-corrected chi connectivity index (χ4v) is 2.92. The Hall–Kier alpha value is -1.71. The molecular weight excluding hydrogens is 311 g/mol. The van der Waals surface area contributed by atoms with Gasteiger partial charge in [0.15, 0.2) is 15.8 Å². The van der Waals surface area contributed by atoms with Crippen molar-refractivity contribution in [1.82, 2.24) is 0 Å². The summed E-state index contributed by atoms with van der Waals surface area (Å²) in [6.45, 7) is 0. The lowest BCUT2D eigenvalue weighted by Crippen LogP contribution is -2.36. The summed E-state index contributed by atoms with van der Waals surface area (Å²) in [5, 5.41) is 8.39. The number of benzene rings is 1. The van der Waals surface area contributed by atoms with Crippen molar-refractivity contribution in [2.75, 3.05) is 5.75 Å². The molecule has 0 saturated heterocycles. The van der Waals surface area contributed by atoms with E-state index in [9.17, 15) is 35.2 Å². The molecule has 0 amide bonds. The molecule has 0 aliphatic heterocycles. The molecule has 0 aliphatic rings. The molecule has 1 aromatic carbocycles. The lowest BCUT2D eigenvalue weighted by atomic mass is 10.2. The first-order valence-corrected chi connectivity index (χ1v) is 6.57. The zero-order valence-electron chi connectivity index (χ0n) is 9.49. The minimum atomic E-state index is -5.31. The highest BCUT2D eigenvalue weighted by Crippen LogP contribution is 2.30. The van der Waals surface area contributed by atoms with E-state index in [0.29, 0.717) is 12.1 Å². The molecule has 0 radical (unpaired) electrons. The van der Waals surface area contributed by atoms with Gasteiger partial charge in [0.2, 0.25) is 0 Å². The zero-order chi connectivity index (χ0) is 15.7. The van der Waals surface area contributed by atoms with Crippen molar-refractivity contribution in [2.24, 2.45) is 5.92 Å². The summed E-state index contributed by atoms with van der Waals surface area (Å²) in [7, 11) is -4.88. The first-order chi connectivity index (χ1) is 8.95. The number of halogens is 5. The molecule has 1 atom stereocenters. The van der Waals surface area contributed by atoms with E-state index < -0.39 is 50.2 Å². The number of aliphatic carboxylic acids is 1. The molecule has 1 N–H and O–H groups in total. The molecule has 0 aromatic heterocycles. The molecule has 1 rings (SSSR count). The van der Waals surface area contributed by atoms with Crippen molar-refractivity contribution in [3.63, 3.8) is 0 Å². The second-order valence-electron chi connectivity index (χ2n) is 3.79. The standard InChI is InChI=1S/C10H7F5O4S/c11-5-1-2-8(7(12)3-5)20(18,19)4-6(9(16)17)10(13,14)15/h1-3,6H,4H2,(H,16,17). The highest BCUT2D eigenvalue weighted by molar-refractivity contribution is 7.91. The van der Waals surface area contributed by atoms with Gasteiger partial charge in [-0.3, -0.25) is 4.79 Å². The van der Waals surface area contributed by atoms with Crippen molar-refractivity contribution < 1.29 is 40.3 Å². The number of hydrogen-bond acceptors (Lipinski definition) is 3. The van der Waals surface area contributed by atoms with E-state index in [1.807, 2.05) is 0 Å². The molecule has 0 aliphatic carbocycles. The third kappa shape index (κ3) is 3.65. The van der Waals surface area contributed by atoms with Gasteiger partial charge in [0, 0.05) is 6.07 Å². The SMILES string of the molecule is O=C(O)C(CS(=O)(=O)c1ccc(F)cc1F)C(F)(F)F. The molecule has 112 valence electrons. The van der Waals surface area contributed by atoms with Crippen LogP contribution >= 0.6 is 0 Å². The third-order valence-corrected chi connectivity index (χ3v) is 4.08. The van der Waals surface area contributed by atoms with Crippen LogP contribution in [-0.4, -0.2) is 31.4 Å². The minimum absolute atomic E-state index is 0.177. The van der Waals surface area contributed by atoms with Gasteiger partial charge < -0.3 is 5.11 Å². The van der Waals surface area contributed by atoms with Crippen LogP contribution in [0.4, 0.5) is 22.0 Å². The molecule has 0 bridgehead atoms. The molecule has 10 heteroatoms. The molecule has 0 spiro atoms. The van der Waals surface area contributed by atoms with Gasteiger partial charge in [-0.05, 0) is 12.1 Å². The van der Waals surface area contributed by atoms with Crippen LogP contribution in [0.25, 0.3) is 0 Å². The van der Waals surface area contributed by atoms with Crippen LogP contribution in [0.3, 0.4) is 0 Å². The smallest absolute Gasteiger partial charge is 0.403 e. The van der Waals surface area contributed by atoms with Crippen LogP contribution in [0, 0.1) is 17.6 Å². The largest absolute Gasteiger partial charge is 0.481 e. The van der Waals surface area contributed by atoms with Crippen LogP contribution in [-0.2, 0) is 14.6 Å². The van der Waals surface area contributed by atoms with Crippen molar-refractivity contribution in [1.29, 1.82) is 0 Å². The normalized spacial score (nSPS) is 14.1. The maximum Gasteiger partial charge on any atom is 0.403 e. The Morgan fingerprint density at radius 2 is 1.80 bits per heavy atom. The van der Waals surface area contributed by atoms with Crippen LogP contribution in [0.2, 0.25) is 0 Å². The summed E-state index contributed by atoms with van der Waals surface area (Å²) >= 11 is 0. The number of alkyl halides is 3. The number of sulfone groups is 1. The Labute approximate surface area is 109 Å². The predicted octanol–water partition coefficient (Wildman–Crippen LogP) is 2.00. The molecule has 0 saturated carbocycles. The summed E-state index contributed by atoms with van der Waals surface area (Å²) in [5.74, 6) is -10.2. The van der Waals surface area contributed by atoms with Gasteiger partial charge in [-0.1, -0.05) is 0 Å². The first-order valence-electron chi connectivity index (χ1n) is 4.92. The number of hydrogen-bond donors (Lipinski definition) is 1. The maximum absolute atomic E-state index is 13.2. The van der Waals surface area contributed by atoms with Crippen molar-refractivity contribution in [2.45, 2.75) is 11.1 Å². The summed E-state index contributed by atoms with van der Waals surface area (Å²) in [5.41, 5.74) is 0. The van der Waals surface area contributed by atoms with E-state index in [4.69, 9.17) is 5.11 Å². The van der Waals surface area contributed by atoms with Crippen LogP contribution in [0.15, 0.2) is 23.1 Å². The Morgan fingerprint density at radius 3 is 2.20 bits per heavy atom. The molecule has 0 fully saturated rings. The van der Waals surface area contributed by atoms with Crippen LogP contribution < -0.4 is 0 Å². The van der Waals surface area contributed by atoms with Crippen LogP contribution in [0.5, 0.6) is 0 Å². The van der Waals surface area contributed by atoms with Crippen molar-refractivity contribution in [3.05, 3.63) is 29.8 Å². The fourth-order valence-electron chi connectivity index (χ4n) is 1.34. The molecule has 0 heterocycles. The highest BCUT2D eigenvalue weighted by Gasteiger charge is 2.48. The lowest BCUT2D eigenvalue weighted by molar-refractivity contribution is -0.189. The molecule has 4 nitrogen and oxygen atoms in total. The quantitative estimate of drug-likeness (QED) is 0.681. The van der Waals surface area contributed by atoms with Gasteiger partial charge in [0.05, 0.1) is 5.75 Å². The van der Waals surface area contributed by atoms with Crippen molar-refractivity contribution >= 4 is 15.8 Å². The molecular formula is C10H7F5O4S. The average Bonchev–Trinajstić information content (AvgIpc) is 2.23. The van der Waals surface area contributed by atoms with E-state index in [-0.39, 0.29) is 6.07 Å². The van der Waals surface area contributed by atoms with Gasteiger partial charge in [-0.2, -0.15) is 13.2 Å². The fraction of sp³-hybridized carbons (Fsp3) is 0.300. The Bertz CT molecular complexity index is 623. The molecule has 20 heavy (non-hydrogen) atoms. The van der Waals surface area contributed by atoms with E-state index >= 15 is 0 Å². The van der Waals surface area contributed by atoms with Gasteiger partial charge in [0.1, 0.15) is 16.5 Å². The number of carboxylic acids is 1. The summed E-state index contributed by atoms with van der Waals surface area (Å²) in [6, 6.07) is 1.16. The Kier molecular flexibility index (Phi) is 4.37. The maximum atomic E-state index is 13.2. The molecule has 1 aromatic rings. The third-order valence-electron chi connectivity index (χ3n) is 2.31. The van der Waals surface area contributed by atoms with E-state index in [2.05, 4.69) is 0 Å². The average molecular weight is 318 g/mol. The van der Waals surface area contributed by atoms with E-state index in [1.165, 1.54) is 0 Å². The summed E-state index contributed by atoms with van der Waals surface area (Å²) < 4.78 is 86.2. The van der Waals surface area contributed by atoms with E-state index in [1.54, 1.807) is 0 Å². The monoisotopic (exact) mass is 318 g/mol. The minimum Gasteiger partial charge on any atom is -0.481 e. The van der Waals surface area contributed by atoms with Crippen molar-refractivity contribution in [3.8, 4) is 0 Å². The number of rotatable bonds is 4. The Balaban J connectivity index is 3.20. The Morgan fingerprint density at radius 1 is 1.25 bits per heavy atom.